The van der Waals surface area contributed by atoms with Crippen molar-refractivity contribution in [1.29, 1.82) is 0 Å². The molecule has 0 aliphatic rings. The fraction of sp³-hybridized carbons (Fsp3) is 0.368. The van der Waals surface area contributed by atoms with Crippen molar-refractivity contribution in [3.8, 4) is 11.5 Å². The second-order valence-corrected chi connectivity index (χ2v) is 5.54. The van der Waals surface area contributed by atoms with Crippen LogP contribution in [0.4, 0.5) is 13.2 Å². The van der Waals surface area contributed by atoms with E-state index in [9.17, 15) is 13.2 Å². The molecule has 0 amide bonds. The van der Waals surface area contributed by atoms with E-state index in [2.05, 4.69) is 11.7 Å². The van der Waals surface area contributed by atoms with Gasteiger partial charge in [0.15, 0.2) is 0 Å². The first-order valence-electron chi connectivity index (χ1n) is 8.02. The number of hydrogen-bond donors (Lipinski definition) is 0. The van der Waals surface area contributed by atoms with Crippen molar-refractivity contribution in [2.24, 2.45) is 0 Å². The summed E-state index contributed by atoms with van der Waals surface area (Å²) >= 11 is 0. The Morgan fingerprint density at radius 3 is 1.75 bits per heavy atom. The van der Waals surface area contributed by atoms with Gasteiger partial charge in [-0.3, -0.25) is 0 Å². The third kappa shape index (κ3) is 6.52. The van der Waals surface area contributed by atoms with Gasteiger partial charge in [0.2, 0.25) is 0 Å². The van der Waals surface area contributed by atoms with Crippen molar-refractivity contribution >= 4 is 0 Å². The van der Waals surface area contributed by atoms with Crippen molar-refractivity contribution in [1.82, 2.24) is 0 Å². The Kier molecular flexibility index (Phi) is 6.53. The monoisotopic (exact) mass is 338 g/mol. The number of ether oxygens (including phenoxy) is 2. The topological polar surface area (TPSA) is 18.5 Å². The summed E-state index contributed by atoms with van der Waals surface area (Å²) in [6, 6.07) is 13.9. The number of aryl methyl sites for hydroxylation is 2. The highest BCUT2D eigenvalue weighted by Crippen LogP contribution is 2.23. The molecule has 0 aromatic heterocycles. The van der Waals surface area contributed by atoms with Crippen LogP contribution >= 0.6 is 0 Å². The van der Waals surface area contributed by atoms with Gasteiger partial charge in [-0.15, -0.1) is 13.2 Å². The third-order valence-corrected chi connectivity index (χ3v) is 3.55. The van der Waals surface area contributed by atoms with Gasteiger partial charge in [0, 0.05) is 0 Å². The zero-order valence-corrected chi connectivity index (χ0v) is 13.6. The van der Waals surface area contributed by atoms with Crippen LogP contribution in [-0.4, -0.2) is 13.0 Å². The summed E-state index contributed by atoms with van der Waals surface area (Å²) in [5, 5.41) is 0. The van der Waals surface area contributed by atoms with E-state index in [1.165, 1.54) is 12.1 Å². The molecule has 130 valence electrons. The predicted octanol–water partition coefficient (Wildman–Crippen LogP) is 5.55. The summed E-state index contributed by atoms with van der Waals surface area (Å²) in [6.45, 7) is 2.84. The van der Waals surface area contributed by atoms with Gasteiger partial charge in [-0.05, 0) is 54.7 Å². The summed E-state index contributed by atoms with van der Waals surface area (Å²) in [5.74, 6) is 0.667. The molecule has 0 aliphatic carbocycles. The van der Waals surface area contributed by atoms with Gasteiger partial charge in [0.1, 0.15) is 11.5 Å². The van der Waals surface area contributed by atoms with E-state index in [4.69, 9.17) is 4.74 Å². The molecule has 0 saturated heterocycles. The highest BCUT2D eigenvalue weighted by atomic mass is 19.4. The summed E-state index contributed by atoms with van der Waals surface area (Å²) in [7, 11) is 0. The van der Waals surface area contributed by atoms with Crippen LogP contribution in [0, 0.1) is 0 Å². The van der Waals surface area contributed by atoms with Gasteiger partial charge >= 0.3 is 6.36 Å². The number of halogens is 3. The van der Waals surface area contributed by atoms with Crippen LogP contribution in [-0.2, 0) is 12.8 Å². The zero-order valence-electron chi connectivity index (χ0n) is 13.6. The van der Waals surface area contributed by atoms with Crippen LogP contribution in [0.5, 0.6) is 11.5 Å². The average Bonchev–Trinajstić information content (AvgIpc) is 2.54. The lowest BCUT2D eigenvalue weighted by Gasteiger charge is -2.09. The Morgan fingerprint density at radius 2 is 1.29 bits per heavy atom. The maximum atomic E-state index is 12.1. The summed E-state index contributed by atoms with van der Waals surface area (Å²) in [5.41, 5.74) is 2.13. The van der Waals surface area contributed by atoms with E-state index >= 15 is 0 Å². The fourth-order valence-electron chi connectivity index (χ4n) is 2.23. The van der Waals surface area contributed by atoms with Gasteiger partial charge in [-0.25, -0.2) is 0 Å². The minimum atomic E-state index is -4.65. The number of unbranched alkanes of at least 4 members (excludes halogenated alkanes) is 1. The molecule has 0 bridgehead atoms. The number of alkyl halides is 3. The van der Waals surface area contributed by atoms with Gasteiger partial charge in [-0.2, -0.15) is 0 Å². The molecule has 0 spiro atoms. The lowest BCUT2D eigenvalue weighted by molar-refractivity contribution is -0.274. The second-order valence-electron chi connectivity index (χ2n) is 5.54. The molecule has 0 N–H and O–H groups in total. The molecule has 2 aromatic carbocycles. The Bertz CT molecular complexity index is 604. The molecule has 0 aliphatic heterocycles. The van der Waals surface area contributed by atoms with Crippen molar-refractivity contribution < 1.29 is 22.6 Å². The van der Waals surface area contributed by atoms with Crippen LogP contribution < -0.4 is 9.47 Å². The molecule has 0 radical (unpaired) electrons. The molecule has 0 fully saturated rings. The summed E-state index contributed by atoms with van der Waals surface area (Å²) in [4.78, 5) is 0. The van der Waals surface area contributed by atoms with E-state index in [1.54, 1.807) is 12.1 Å². The predicted molar refractivity (Wildman–Crippen MR) is 87.4 cm³/mol. The van der Waals surface area contributed by atoms with Crippen LogP contribution in [0.15, 0.2) is 48.5 Å². The number of rotatable bonds is 8. The Hall–Kier alpha value is -2.17. The first kappa shape index (κ1) is 18.2. The SMILES string of the molecule is CCCCOc1ccc(CCc2ccc(OC(F)(F)F)cc2)cc1. The Morgan fingerprint density at radius 1 is 0.792 bits per heavy atom. The van der Waals surface area contributed by atoms with Gasteiger partial charge in [0.05, 0.1) is 6.61 Å². The molecule has 2 aromatic rings. The van der Waals surface area contributed by atoms with Crippen LogP contribution in [0.25, 0.3) is 0 Å². The summed E-state index contributed by atoms with van der Waals surface area (Å²) < 4.78 is 45.8. The maximum absolute atomic E-state index is 12.1. The van der Waals surface area contributed by atoms with Crippen LogP contribution in [0.2, 0.25) is 0 Å². The lowest BCUT2D eigenvalue weighted by Crippen LogP contribution is -2.17. The van der Waals surface area contributed by atoms with E-state index in [-0.39, 0.29) is 5.75 Å². The molecule has 0 heterocycles. The van der Waals surface area contributed by atoms with Crippen LogP contribution in [0.3, 0.4) is 0 Å². The molecule has 0 atom stereocenters. The molecule has 2 rings (SSSR count). The van der Waals surface area contributed by atoms with Gasteiger partial charge in [-0.1, -0.05) is 37.6 Å². The van der Waals surface area contributed by atoms with Crippen molar-refractivity contribution in [3.05, 3.63) is 59.7 Å². The highest BCUT2D eigenvalue weighted by Gasteiger charge is 2.30. The number of hydrogen-bond acceptors (Lipinski definition) is 2. The van der Waals surface area contributed by atoms with Gasteiger partial charge < -0.3 is 9.47 Å². The van der Waals surface area contributed by atoms with E-state index < -0.39 is 6.36 Å². The fourth-order valence-corrected chi connectivity index (χ4v) is 2.23. The Balaban J connectivity index is 1.82. The third-order valence-electron chi connectivity index (χ3n) is 3.55. The maximum Gasteiger partial charge on any atom is 0.573 e. The molecule has 5 heteroatoms. The summed E-state index contributed by atoms with van der Waals surface area (Å²) in [6.07, 6.45) is -0.944. The van der Waals surface area contributed by atoms with Crippen molar-refractivity contribution in [2.45, 2.75) is 39.0 Å². The van der Waals surface area contributed by atoms with Crippen LogP contribution in [0.1, 0.15) is 30.9 Å². The molecular formula is C19H21F3O2. The van der Waals surface area contributed by atoms with Crippen molar-refractivity contribution in [2.75, 3.05) is 6.61 Å². The number of benzene rings is 2. The normalized spacial score (nSPS) is 11.3. The molecule has 0 saturated carbocycles. The largest absolute Gasteiger partial charge is 0.573 e. The smallest absolute Gasteiger partial charge is 0.494 e. The van der Waals surface area contributed by atoms with E-state index in [1.807, 2.05) is 24.3 Å². The van der Waals surface area contributed by atoms with Crippen molar-refractivity contribution in [3.63, 3.8) is 0 Å². The first-order chi connectivity index (χ1) is 11.5. The standard InChI is InChI=1S/C19H21F3O2/c1-2-3-14-23-17-10-6-15(7-11-17)4-5-16-8-12-18(13-9-16)24-19(20,21)22/h6-13H,2-5,14H2,1H3. The second kappa shape index (κ2) is 8.62. The Labute approximate surface area is 140 Å². The highest BCUT2D eigenvalue weighted by molar-refractivity contribution is 5.30. The molecule has 2 nitrogen and oxygen atoms in total. The lowest BCUT2D eigenvalue weighted by atomic mass is 10.0. The van der Waals surface area contributed by atoms with E-state index in [0.717, 1.165) is 49.2 Å². The quantitative estimate of drug-likeness (QED) is 0.588. The first-order valence-corrected chi connectivity index (χ1v) is 8.02. The van der Waals surface area contributed by atoms with Gasteiger partial charge in [0.25, 0.3) is 0 Å². The minimum Gasteiger partial charge on any atom is -0.494 e. The minimum absolute atomic E-state index is 0.195. The average molecular weight is 338 g/mol. The molecule has 24 heavy (non-hydrogen) atoms. The zero-order chi connectivity index (χ0) is 17.4. The van der Waals surface area contributed by atoms with E-state index in [0.29, 0.717) is 0 Å². The molecule has 0 unspecified atom stereocenters. The molecular weight excluding hydrogens is 317 g/mol.